The summed E-state index contributed by atoms with van der Waals surface area (Å²) in [6.07, 6.45) is 8.68. The number of hydrogen-bond acceptors (Lipinski definition) is 2. The predicted octanol–water partition coefficient (Wildman–Crippen LogP) is 1.85. The minimum atomic E-state index is 0.354. The SMILES string of the molecule is CC(C)C1=CC2C(C=C1)N=CN2C. The van der Waals surface area contributed by atoms with Gasteiger partial charge >= 0.3 is 0 Å². The summed E-state index contributed by atoms with van der Waals surface area (Å²) in [5, 5.41) is 0. The Hall–Kier alpha value is -1.05. The van der Waals surface area contributed by atoms with Gasteiger partial charge in [0.1, 0.15) is 0 Å². The van der Waals surface area contributed by atoms with Crippen LogP contribution in [0.2, 0.25) is 0 Å². The summed E-state index contributed by atoms with van der Waals surface area (Å²) in [7, 11) is 2.09. The lowest BCUT2D eigenvalue weighted by molar-refractivity contribution is 0.440. The molecule has 0 saturated heterocycles. The molecule has 0 spiro atoms. The van der Waals surface area contributed by atoms with Gasteiger partial charge in [-0.2, -0.15) is 0 Å². The molecule has 1 heterocycles. The molecule has 0 saturated carbocycles. The molecule has 1 aliphatic carbocycles. The molecule has 2 rings (SSSR count). The average Bonchev–Trinajstić information content (AvgIpc) is 2.47. The summed E-state index contributed by atoms with van der Waals surface area (Å²) in [6, 6.07) is 0.815. The van der Waals surface area contributed by atoms with E-state index in [-0.39, 0.29) is 0 Å². The fourth-order valence-corrected chi connectivity index (χ4v) is 1.82. The maximum Gasteiger partial charge on any atom is 0.0940 e. The van der Waals surface area contributed by atoms with Gasteiger partial charge in [-0.1, -0.05) is 32.1 Å². The first-order valence-corrected chi connectivity index (χ1v) is 4.83. The van der Waals surface area contributed by atoms with E-state index in [1.807, 2.05) is 6.34 Å². The normalized spacial score (nSPS) is 31.1. The van der Waals surface area contributed by atoms with Crippen molar-refractivity contribution in [2.45, 2.75) is 25.9 Å². The van der Waals surface area contributed by atoms with E-state index in [0.29, 0.717) is 18.0 Å². The van der Waals surface area contributed by atoms with E-state index >= 15 is 0 Å². The first kappa shape index (κ1) is 8.54. The summed E-state index contributed by atoms with van der Waals surface area (Å²) >= 11 is 0. The van der Waals surface area contributed by atoms with Gasteiger partial charge in [0.25, 0.3) is 0 Å². The highest BCUT2D eigenvalue weighted by atomic mass is 15.2. The third-order valence-corrected chi connectivity index (χ3v) is 2.76. The molecule has 2 unspecified atom stereocenters. The largest absolute Gasteiger partial charge is 0.357 e. The van der Waals surface area contributed by atoms with Crippen molar-refractivity contribution < 1.29 is 0 Å². The van der Waals surface area contributed by atoms with Crippen molar-refractivity contribution in [3.05, 3.63) is 23.8 Å². The molecule has 0 bridgehead atoms. The van der Waals surface area contributed by atoms with E-state index < -0.39 is 0 Å². The van der Waals surface area contributed by atoms with Gasteiger partial charge < -0.3 is 4.90 Å². The molecule has 13 heavy (non-hydrogen) atoms. The van der Waals surface area contributed by atoms with Crippen LogP contribution in [0.4, 0.5) is 0 Å². The van der Waals surface area contributed by atoms with Crippen LogP contribution in [-0.2, 0) is 0 Å². The Kier molecular flexibility index (Phi) is 1.98. The minimum absolute atomic E-state index is 0.354. The van der Waals surface area contributed by atoms with Gasteiger partial charge in [0.15, 0.2) is 0 Å². The van der Waals surface area contributed by atoms with Crippen molar-refractivity contribution in [3.8, 4) is 0 Å². The second-order valence-electron chi connectivity index (χ2n) is 4.09. The first-order valence-electron chi connectivity index (χ1n) is 4.83. The Morgan fingerprint density at radius 3 is 2.92 bits per heavy atom. The highest BCUT2D eigenvalue weighted by Crippen LogP contribution is 2.24. The van der Waals surface area contributed by atoms with Crippen molar-refractivity contribution >= 4 is 6.34 Å². The quantitative estimate of drug-likeness (QED) is 0.595. The highest BCUT2D eigenvalue weighted by molar-refractivity contribution is 5.61. The standard InChI is InChI=1S/C11H16N2/c1-8(2)9-4-5-10-11(6-9)13(3)7-12-10/h4-8,10-11H,1-3H3. The van der Waals surface area contributed by atoms with E-state index in [1.165, 1.54) is 5.57 Å². The molecule has 2 nitrogen and oxygen atoms in total. The summed E-state index contributed by atoms with van der Waals surface area (Å²) < 4.78 is 0. The summed E-state index contributed by atoms with van der Waals surface area (Å²) in [6.45, 7) is 4.46. The van der Waals surface area contributed by atoms with Gasteiger partial charge in [0.2, 0.25) is 0 Å². The van der Waals surface area contributed by atoms with Crippen molar-refractivity contribution in [2.75, 3.05) is 7.05 Å². The Morgan fingerprint density at radius 2 is 2.23 bits per heavy atom. The van der Waals surface area contributed by atoms with Gasteiger partial charge in [0.05, 0.1) is 18.4 Å². The molecule has 0 aromatic carbocycles. The number of nitrogens with zero attached hydrogens (tertiary/aromatic N) is 2. The third kappa shape index (κ3) is 1.41. The van der Waals surface area contributed by atoms with Gasteiger partial charge in [-0.25, -0.2) is 0 Å². The van der Waals surface area contributed by atoms with Crippen LogP contribution in [0.15, 0.2) is 28.8 Å². The van der Waals surface area contributed by atoms with Gasteiger partial charge in [0, 0.05) is 7.05 Å². The van der Waals surface area contributed by atoms with Gasteiger partial charge in [-0.3, -0.25) is 4.99 Å². The highest BCUT2D eigenvalue weighted by Gasteiger charge is 2.27. The molecule has 0 radical (unpaired) electrons. The van der Waals surface area contributed by atoms with Crippen LogP contribution in [0.3, 0.4) is 0 Å². The molecule has 70 valence electrons. The second kappa shape index (κ2) is 3.02. The number of allylic oxidation sites excluding steroid dienone is 2. The van der Waals surface area contributed by atoms with Gasteiger partial charge in [-0.15, -0.1) is 0 Å². The Bertz CT molecular complexity index is 286. The number of rotatable bonds is 1. The Balaban J connectivity index is 2.22. The van der Waals surface area contributed by atoms with Crippen LogP contribution in [0.25, 0.3) is 0 Å². The van der Waals surface area contributed by atoms with E-state index in [9.17, 15) is 0 Å². The summed E-state index contributed by atoms with van der Waals surface area (Å²) in [5.41, 5.74) is 1.43. The van der Waals surface area contributed by atoms with Crippen LogP contribution in [0.1, 0.15) is 13.8 Å². The van der Waals surface area contributed by atoms with Crippen LogP contribution < -0.4 is 0 Å². The minimum Gasteiger partial charge on any atom is -0.357 e. The summed E-state index contributed by atoms with van der Waals surface area (Å²) in [5.74, 6) is 0.617. The van der Waals surface area contributed by atoms with Crippen LogP contribution >= 0.6 is 0 Å². The van der Waals surface area contributed by atoms with E-state index in [0.717, 1.165) is 0 Å². The maximum atomic E-state index is 4.40. The van der Waals surface area contributed by atoms with E-state index in [4.69, 9.17) is 0 Å². The molecule has 0 N–H and O–H groups in total. The van der Waals surface area contributed by atoms with Crippen LogP contribution in [0.5, 0.6) is 0 Å². The lowest BCUT2D eigenvalue weighted by Crippen LogP contribution is -2.32. The molecule has 0 aromatic heterocycles. The van der Waals surface area contributed by atoms with Crippen molar-refractivity contribution in [1.82, 2.24) is 4.90 Å². The van der Waals surface area contributed by atoms with Crippen LogP contribution in [-0.4, -0.2) is 30.4 Å². The molecule has 2 aliphatic rings. The maximum absolute atomic E-state index is 4.40. The lowest BCUT2D eigenvalue weighted by atomic mass is 9.92. The van der Waals surface area contributed by atoms with Crippen molar-refractivity contribution in [3.63, 3.8) is 0 Å². The molecule has 0 fully saturated rings. The topological polar surface area (TPSA) is 15.6 Å². The van der Waals surface area contributed by atoms with E-state index in [2.05, 4.69) is 49.0 Å². The third-order valence-electron chi connectivity index (χ3n) is 2.76. The molecule has 1 aliphatic heterocycles. The molecule has 2 heteroatoms. The fourth-order valence-electron chi connectivity index (χ4n) is 1.82. The molecule has 0 amide bonds. The van der Waals surface area contributed by atoms with Crippen molar-refractivity contribution in [1.29, 1.82) is 0 Å². The number of fused-ring (bicyclic) bond motifs is 1. The number of likely N-dealkylation sites (N-methyl/N-ethyl adjacent to an activating group) is 1. The predicted molar refractivity (Wildman–Crippen MR) is 55.9 cm³/mol. The zero-order chi connectivity index (χ0) is 9.42. The molecular formula is C11H16N2. The van der Waals surface area contributed by atoms with Crippen LogP contribution in [0, 0.1) is 5.92 Å². The zero-order valence-corrected chi connectivity index (χ0v) is 8.44. The lowest BCUT2D eigenvalue weighted by Gasteiger charge is -2.24. The molecule has 0 aromatic rings. The molecular weight excluding hydrogens is 160 g/mol. The number of aliphatic imine (C=N–C) groups is 1. The fraction of sp³-hybridized carbons (Fsp3) is 0.545. The Morgan fingerprint density at radius 1 is 1.46 bits per heavy atom. The zero-order valence-electron chi connectivity index (χ0n) is 8.44. The second-order valence-corrected chi connectivity index (χ2v) is 4.09. The number of hydrogen-bond donors (Lipinski definition) is 0. The van der Waals surface area contributed by atoms with Crippen molar-refractivity contribution in [2.24, 2.45) is 10.9 Å². The van der Waals surface area contributed by atoms with Gasteiger partial charge in [-0.05, 0) is 11.5 Å². The average molecular weight is 176 g/mol. The first-order chi connectivity index (χ1) is 6.18. The monoisotopic (exact) mass is 176 g/mol. The Labute approximate surface area is 79.7 Å². The summed E-state index contributed by atoms with van der Waals surface area (Å²) in [4.78, 5) is 6.58. The molecule has 2 atom stereocenters. The smallest absolute Gasteiger partial charge is 0.0940 e. The van der Waals surface area contributed by atoms with E-state index in [1.54, 1.807) is 0 Å².